The third-order valence-corrected chi connectivity index (χ3v) is 3.27. The summed E-state index contributed by atoms with van der Waals surface area (Å²) in [4.78, 5) is 23.8. The molecule has 0 aliphatic carbocycles. The summed E-state index contributed by atoms with van der Waals surface area (Å²) in [6.45, 7) is 3.25. The van der Waals surface area contributed by atoms with Gasteiger partial charge in [-0.3, -0.25) is 14.9 Å². The van der Waals surface area contributed by atoms with Crippen LogP contribution in [0.15, 0.2) is 18.2 Å². The SMILES string of the molecule is Cc1c(CC(=O)N(C)C(C)CO)cccc1[N+](=O)[O-]. The predicted molar refractivity (Wildman–Crippen MR) is 70.9 cm³/mol. The molecule has 1 N–H and O–H groups in total. The number of likely N-dealkylation sites (N-methyl/N-ethyl adjacent to an activating group) is 1. The smallest absolute Gasteiger partial charge is 0.272 e. The average molecular weight is 266 g/mol. The van der Waals surface area contributed by atoms with Crippen molar-refractivity contribution < 1.29 is 14.8 Å². The third kappa shape index (κ3) is 3.51. The zero-order chi connectivity index (χ0) is 14.6. The van der Waals surface area contributed by atoms with Crippen LogP contribution in [0.25, 0.3) is 0 Å². The van der Waals surface area contributed by atoms with Crippen molar-refractivity contribution in [1.29, 1.82) is 0 Å². The summed E-state index contributed by atoms with van der Waals surface area (Å²) in [6.07, 6.45) is 0.0916. The Morgan fingerprint density at radius 3 is 2.68 bits per heavy atom. The molecule has 0 saturated heterocycles. The van der Waals surface area contributed by atoms with E-state index in [9.17, 15) is 14.9 Å². The van der Waals surface area contributed by atoms with E-state index in [-0.39, 0.29) is 30.7 Å². The van der Waals surface area contributed by atoms with Crippen LogP contribution in [0.3, 0.4) is 0 Å². The summed E-state index contributed by atoms with van der Waals surface area (Å²) in [5.41, 5.74) is 1.16. The first kappa shape index (κ1) is 15.1. The lowest BCUT2D eigenvalue weighted by Crippen LogP contribution is -2.38. The number of carbonyl (C=O) groups is 1. The summed E-state index contributed by atoms with van der Waals surface area (Å²) < 4.78 is 0. The van der Waals surface area contributed by atoms with E-state index in [1.54, 1.807) is 33.0 Å². The minimum Gasteiger partial charge on any atom is -0.394 e. The molecule has 0 radical (unpaired) electrons. The standard InChI is InChI=1S/C13H18N2O4/c1-9(8-16)14(3)13(17)7-11-5-4-6-12(10(11)2)15(18)19/h4-6,9,16H,7-8H2,1-3H3. The molecule has 1 aromatic rings. The van der Waals surface area contributed by atoms with Gasteiger partial charge in [0.1, 0.15) is 0 Å². The van der Waals surface area contributed by atoms with E-state index in [4.69, 9.17) is 5.11 Å². The first-order valence-corrected chi connectivity index (χ1v) is 5.97. The van der Waals surface area contributed by atoms with Crippen LogP contribution in [0, 0.1) is 17.0 Å². The second-order valence-corrected chi connectivity index (χ2v) is 4.53. The van der Waals surface area contributed by atoms with Crippen molar-refractivity contribution in [1.82, 2.24) is 4.90 Å². The lowest BCUT2D eigenvalue weighted by molar-refractivity contribution is -0.385. The van der Waals surface area contributed by atoms with E-state index in [1.807, 2.05) is 0 Å². The molecule has 0 aliphatic rings. The van der Waals surface area contributed by atoms with Crippen LogP contribution in [0.2, 0.25) is 0 Å². The number of amides is 1. The molecule has 6 nitrogen and oxygen atoms in total. The Hall–Kier alpha value is -1.95. The molecule has 1 amide bonds. The first-order valence-electron chi connectivity index (χ1n) is 5.97. The fourth-order valence-electron chi connectivity index (χ4n) is 1.72. The predicted octanol–water partition coefficient (Wildman–Crippen LogP) is 1.28. The van der Waals surface area contributed by atoms with E-state index in [1.165, 1.54) is 11.0 Å². The number of hydrogen-bond donors (Lipinski definition) is 1. The van der Waals surface area contributed by atoms with Gasteiger partial charge in [-0.2, -0.15) is 0 Å². The lowest BCUT2D eigenvalue weighted by Gasteiger charge is -2.23. The Morgan fingerprint density at radius 1 is 1.53 bits per heavy atom. The Bertz CT molecular complexity index is 488. The van der Waals surface area contributed by atoms with Crippen molar-refractivity contribution in [3.05, 3.63) is 39.4 Å². The molecule has 1 atom stereocenters. The Labute approximate surface area is 111 Å². The molecule has 0 saturated carbocycles. The van der Waals surface area contributed by atoms with Crippen molar-refractivity contribution in [3.63, 3.8) is 0 Å². The number of benzene rings is 1. The van der Waals surface area contributed by atoms with Gasteiger partial charge < -0.3 is 10.0 Å². The van der Waals surface area contributed by atoms with Crippen LogP contribution in [0.4, 0.5) is 5.69 Å². The summed E-state index contributed by atoms with van der Waals surface area (Å²) in [7, 11) is 1.61. The van der Waals surface area contributed by atoms with Crippen LogP contribution < -0.4 is 0 Å². The van der Waals surface area contributed by atoms with Crippen molar-refractivity contribution in [2.75, 3.05) is 13.7 Å². The maximum atomic E-state index is 12.0. The maximum absolute atomic E-state index is 12.0. The Kier molecular flexibility index (Phi) is 5.00. The second kappa shape index (κ2) is 6.29. The first-order chi connectivity index (χ1) is 8.88. The highest BCUT2D eigenvalue weighted by Crippen LogP contribution is 2.21. The normalized spacial score (nSPS) is 12.0. The van der Waals surface area contributed by atoms with Gasteiger partial charge in [0.15, 0.2) is 0 Å². The quantitative estimate of drug-likeness (QED) is 0.643. The van der Waals surface area contributed by atoms with Gasteiger partial charge >= 0.3 is 0 Å². The topological polar surface area (TPSA) is 83.7 Å². The van der Waals surface area contributed by atoms with Crippen LogP contribution in [0.1, 0.15) is 18.1 Å². The molecule has 19 heavy (non-hydrogen) atoms. The number of hydrogen-bond acceptors (Lipinski definition) is 4. The van der Waals surface area contributed by atoms with Crippen LogP contribution in [-0.4, -0.2) is 40.5 Å². The van der Waals surface area contributed by atoms with E-state index < -0.39 is 4.92 Å². The number of aliphatic hydroxyl groups excluding tert-OH is 1. The highest BCUT2D eigenvalue weighted by molar-refractivity contribution is 5.79. The minimum absolute atomic E-state index is 0.0168. The molecule has 0 aromatic heterocycles. The highest BCUT2D eigenvalue weighted by Gasteiger charge is 2.19. The van der Waals surface area contributed by atoms with E-state index >= 15 is 0 Å². The Morgan fingerprint density at radius 2 is 2.16 bits per heavy atom. The third-order valence-electron chi connectivity index (χ3n) is 3.27. The van der Waals surface area contributed by atoms with Gasteiger partial charge in [0.25, 0.3) is 5.69 Å². The van der Waals surface area contributed by atoms with Crippen molar-refractivity contribution in [2.24, 2.45) is 0 Å². The molecule has 0 aliphatic heterocycles. The van der Waals surface area contributed by atoms with Gasteiger partial charge in [0, 0.05) is 18.7 Å². The number of nitro benzene ring substituents is 1. The van der Waals surface area contributed by atoms with E-state index in [2.05, 4.69) is 0 Å². The monoisotopic (exact) mass is 266 g/mol. The molecule has 1 rings (SSSR count). The van der Waals surface area contributed by atoms with Gasteiger partial charge in [-0.25, -0.2) is 0 Å². The largest absolute Gasteiger partial charge is 0.394 e. The average Bonchev–Trinajstić information content (AvgIpc) is 2.38. The zero-order valence-corrected chi connectivity index (χ0v) is 11.3. The number of nitrogens with zero attached hydrogens (tertiary/aromatic N) is 2. The van der Waals surface area contributed by atoms with Crippen molar-refractivity contribution in [3.8, 4) is 0 Å². The van der Waals surface area contributed by atoms with Gasteiger partial charge in [0.2, 0.25) is 5.91 Å². The van der Waals surface area contributed by atoms with Crippen molar-refractivity contribution in [2.45, 2.75) is 26.3 Å². The van der Waals surface area contributed by atoms with Crippen LogP contribution in [0.5, 0.6) is 0 Å². The molecular formula is C13H18N2O4. The summed E-state index contributed by atoms with van der Waals surface area (Å²) >= 11 is 0. The maximum Gasteiger partial charge on any atom is 0.272 e. The van der Waals surface area contributed by atoms with Crippen molar-refractivity contribution >= 4 is 11.6 Å². The molecule has 0 bridgehead atoms. The molecule has 0 heterocycles. The molecule has 0 spiro atoms. The number of rotatable bonds is 5. The van der Waals surface area contributed by atoms with Crippen LogP contribution in [-0.2, 0) is 11.2 Å². The highest BCUT2D eigenvalue weighted by atomic mass is 16.6. The molecule has 6 heteroatoms. The van der Waals surface area contributed by atoms with Crippen LogP contribution >= 0.6 is 0 Å². The Balaban J connectivity index is 2.92. The molecule has 1 aromatic carbocycles. The number of carbonyl (C=O) groups excluding carboxylic acids is 1. The van der Waals surface area contributed by atoms with Gasteiger partial charge in [-0.05, 0) is 19.4 Å². The zero-order valence-electron chi connectivity index (χ0n) is 11.3. The summed E-state index contributed by atoms with van der Waals surface area (Å²) in [5.74, 6) is -0.176. The van der Waals surface area contributed by atoms with E-state index in [0.29, 0.717) is 11.1 Å². The summed E-state index contributed by atoms with van der Waals surface area (Å²) in [5, 5.41) is 19.8. The molecule has 0 fully saturated rings. The number of nitro groups is 1. The molecular weight excluding hydrogens is 248 g/mol. The summed E-state index contributed by atoms with van der Waals surface area (Å²) in [6, 6.07) is 4.43. The number of aliphatic hydroxyl groups is 1. The second-order valence-electron chi connectivity index (χ2n) is 4.53. The van der Waals surface area contributed by atoms with Gasteiger partial charge in [0.05, 0.1) is 24.0 Å². The minimum atomic E-state index is -0.455. The fraction of sp³-hybridized carbons (Fsp3) is 0.462. The molecule has 1 unspecified atom stereocenters. The van der Waals surface area contributed by atoms with Gasteiger partial charge in [-0.1, -0.05) is 12.1 Å². The lowest BCUT2D eigenvalue weighted by atomic mass is 10.0. The molecule has 104 valence electrons. The van der Waals surface area contributed by atoms with E-state index in [0.717, 1.165) is 0 Å². The van der Waals surface area contributed by atoms with Gasteiger partial charge in [-0.15, -0.1) is 0 Å². The fourth-order valence-corrected chi connectivity index (χ4v) is 1.72.